The number of hydrogen-bond acceptors (Lipinski definition) is 8. The predicted molar refractivity (Wildman–Crippen MR) is 119 cm³/mol. The van der Waals surface area contributed by atoms with Crippen molar-refractivity contribution in [2.75, 3.05) is 48.2 Å². The summed E-state index contributed by atoms with van der Waals surface area (Å²) in [7, 11) is -6.52. The predicted octanol–water partition coefficient (Wildman–Crippen LogP) is 0.914. The van der Waals surface area contributed by atoms with E-state index in [2.05, 4.69) is 4.98 Å². The Bertz CT molecular complexity index is 1230. The van der Waals surface area contributed by atoms with Gasteiger partial charge in [0.15, 0.2) is 0 Å². The molecule has 1 amide bonds. The van der Waals surface area contributed by atoms with Gasteiger partial charge < -0.3 is 9.64 Å². The van der Waals surface area contributed by atoms with E-state index in [1.807, 2.05) is 23.1 Å². The molecular weight excluding hydrogens is 456 g/mol. The summed E-state index contributed by atoms with van der Waals surface area (Å²) in [5, 5.41) is 0. The lowest BCUT2D eigenvalue weighted by molar-refractivity contribution is -0.119. The van der Waals surface area contributed by atoms with E-state index in [1.165, 1.54) is 36.5 Å². The number of carbonyl (C=O) groups excluding carboxylic acids is 1. The van der Waals surface area contributed by atoms with Gasteiger partial charge >= 0.3 is 0 Å². The summed E-state index contributed by atoms with van der Waals surface area (Å²) < 4.78 is 59.1. The van der Waals surface area contributed by atoms with E-state index in [0.717, 1.165) is 5.82 Å². The molecule has 0 spiro atoms. The SMILES string of the molecule is COc1ccc(N2C(=O)[C@H](C)CS2(=O)=O)cc1S(=O)(=O)N1CCN(c2ccccn2)CC1. The first-order chi connectivity index (χ1) is 15.1. The van der Waals surface area contributed by atoms with Crippen molar-refractivity contribution in [2.24, 2.45) is 5.92 Å². The molecule has 0 radical (unpaired) electrons. The minimum Gasteiger partial charge on any atom is -0.495 e. The maximum atomic E-state index is 13.4. The van der Waals surface area contributed by atoms with Gasteiger partial charge in [-0.05, 0) is 30.3 Å². The Morgan fingerprint density at radius 1 is 1.09 bits per heavy atom. The number of nitrogens with zero attached hydrogens (tertiary/aromatic N) is 4. The quantitative estimate of drug-likeness (QED) is 0.620. The number of aromatic nitrogens is 1. The van der Waals surface area contributed by atoms with E-state index in [-0.39, 0.29) is 35.2 Å². The summed E-state index contributed by atoms with van der Waals surface area (Å²) in [4.78, 5) is 18.6. The van der Waals surface area contributed by atoms with Crippen molar-refractivity contribution < 1.29 is 26.4 Å². The Morgan fingerprint density at radius 2 is 1.81 bits per heavy atom. The average Bonchev–Trinajstić information content (AvgIpc) is 3.00. The van der Waals surface area contributed by atoms with Crippen LogP contribution < -0.4 is 13.9 Å². The van der Waals surface area contributed by atoms with E-state index in [0.29, 0.717) is 17.4 Å². The number of amides is 1. The molecule has 0 saturated carbocycles. The Labute approximate surface area is 187 Å². The normalized spacial score (nSPS) is 21.7. The molecule has 0 aliphatic carbocycles. The van der Waals surface area contributed by atoms with E-state index in [1.54, 1.807) is 6.20 Å². The molecule has 2 fully saturated rings. The first kappa shape index (κ1) is 22.5. The van der Waals surface area contributed by atoms with Crippen LogP contribution in [-0.4, -0.2) is 71.1 Å². The minimum atomic E-state index is -4.00. The number of piperazine rings is 1. The zero-order chi connectivity index (χ0) is 23.1. The van der Waals surface area contributed by atoms with E-state index < -0.39 is 31.9 Å². The van der Waals surface area contributed by atoms with Crippen LogP contribution in [0.2, 0.25) is 0 Å². The largest absolute Gasteiger partial charge is 0.495 e. The first-order valence-corrected chi connectivity index (χ1v) is 13.1. The van der Waals surface area contributed by atoms with Gasteiger partial charge in [0.05, 0.1) is 24.5 Å². The van der Waals surface area contributed by atoms with Gasteiger partial charge in [-0.1, -0.05) is 13.0 Å². The number of pyridine rings is 1. The molecule has 32 heavy (non-hydrogen) atoms. The lowest BCUT2D eigenvalue weighted by atomic mass is 10.2. The Morgan fingerprint density at radius 3 is 2.38 bits per heavy atom. The molecule has 1 aromatic heterocycles. The number of ether oxygens (including phenoxy) is 1. The van der Waals surface area contributed by atoms with Gasteiger partial charge in [0.1, 0.15) is 16.5 Å². The highest BCUT2D eigenvalue weighted by molar-refractivity contribution is 7.94. The molecule has 2 aromatic rings. The highest BCUT2D eigenvalue weighted by atomic mass is 32.2. The summed E-state index contributed by atoms with van der Waals surface area (Å²) in [6.07, 6.45) is 1.68. The molecule has 10 nitrogen and oxygen atoms in total. The number of hydrogen-bond donors (Lipinski definition) is 0. The van der Waals surface area contributed by atoms with Gasteiger partial charge in [-0.25, -0.2) is 26.1 Å². The van der Waals surface area contributed by atoms with Gasteiger partial charge in [0, 0.05) is 32.4 Å². The molecular formula is C20H24N4O6S2. The molecule has 1 atom stereocenters. The maximum absolute atomic E-state index is 13.4. The Kier molecular flexibility index (Phi) is 5.86. The van der Waals surface area contributed by atoms with Crippen molar-refractivity contribution in [3.8, 4) is 5.75 Å². The van der Waals surface area contributed by atoms with Crippen molar-refractivity contribution in [3.05, 3.63) is 42.6 Å². The van der Waals surface area contributed by atoms with Gasteiger partial charge in [-0.3, -0.25) is 4.79 Å². The number of methoxy groups -OCH3 is 1. The fraction of sp³-hybridized carbons (Fsp3) is 0.400. The van der Waals surface area contributed by atoms with Crippen LogP contribution in [0.1, 0.15) is 6.92 Å². The molecule has 0 unspecified atom stereocenters. The molecule has 4 rings (SSSR count). The van der Waals surface area contributed by atoms with Crippen LogP contribution in [0.5, 0.6) is 5.75 Å². The topological polar surface area (TPSA) is 117 Å². The Hall–Kier alpha value is -2.70. The van der Waals surface area contributed by atoms with Crippen LogP contribution in [0, 0.1) is 5.92 Å². The van der Waals surface area contributed by atoms with Crippen LogP contribution >= 0.6 is 0 Å². The maximum Gasteiger partial charge on any atom is 0.246 e. The fourth-order valence-corrected chi connectivity index (χ4v) is 7.33. The second kappa shape index (κ2) is 8.34. The standard InChI is InChI=1S/C20H24N4O6S2/c1-15-14-31(26,27)24(20(15)25)16-6-7-17(30-2)18(13-16)32(28,29)23-11-9-22(10-12-23)19-5-3-4-8-21-19/h3-8,13,15H,9-12,14H2,1-2H3/t15-/m1/s1. The smallest absolute Gasteiger partial charge is 0.246 e. The van der Waals surface area contributed by atoms with E-state index >= 15 is 0 Å². The summed E-state index contributed by atoms with van der Waals surface area (Å²) in [6.45, 7) is 2.89. The molecule has 2 aliphatic rings. The third-order valence-electron chi connectivity index (χ3n) is 5.57. The average molecular weight is 481 g/mol. The summed E-state index contributed by atoms with van der Waals surface area (Å²) in [5.41, 5.74) is -0.00848. The third-order valence-corrected chi connectivity index (χ3v) is 9.36. The molecule has 172 valence electrons. The van der Waals surface area contributed by atoms with Crippen LogP contribution in [0.4, 0.5) is 11.5 Å². The van der Waals surface area contributed by atoms with Crippen molar-refractivity contribution in [3.63, 3.8) is 0 Å². The summed E-state index contributed by atoms with van der Waals surface area (Å²) in [6, 6.07) is 9.51. The van der Waals surface area contributed by atoms with Crippen LogP contribution in [0.15, 0.2) is 47.5 Å². The van der Waals surface area contributed by atoms with Crippen LogP contribution in [-0.2, 0) is 24.8 Å². The third kappa shape index (κ3) is 3.93. The van der Waals surface area contributed by atoms with E-state index in [9.17, 15) is 21.6 Å². The molecule has 3 heterocycles. The van der Waals surface area contributed by atoms with Gasteiger partial charge in [-0.2, -0.15) is 4.31 Å². The highest BCUT2D eigenvalue weighted by Gasteiger charge is 2.43. The molecule has 1 aromatic carbocycles. The molecule has 2 saturated heterocycles. The molecule has 0 N–H and O–H groups in total. The number of rotatable bonds is 5. The highest BCUT2D eigenvalue weighted by Crippen LogP contribution is 2.35. The zero-order valence-corrected chi connectivity index (χ0v) is 19.3. The first-order valence-electron chi connectivity index (χ1n) is 10.1. The monoisotopic (exact) mass is 480 g/mol. The lowest BCUT2D eigenvalue weighted by Gasteiger charge is -2.34. The Balaban J connectivity index is 1.64. The molecule has 2 aliphatic heterocycles. The van der Waals surface area contributed by atoms with Gasteiger partial charge in [0.25, 0.3) is 0 Å². The lowest BCUT2D eigenvalue weighted by Crippen LogP contribution is -2.49. The van der Waals surface area contributed by atoms with Gasteiger partial charge in [0.2, 0.25) is 26.0 Å². The van der Waals surface area contributed by atoms with Crippen molar-refractivity contribution in [1.29, 1.82) is 0 Å². The number of anilines is 2. The van der Waals surface area contributed by atoms with Crippen molar-refractivity contribution >= 4 is 37.5 Å². The molecule has 12 heteroatoms. The summed E-state index contributed by atoms with van der Waals surface area (Å²) >= 11 is 0. The second-order valence-electron chi connectivity index (χ2n) is 7.70. The number of benzene rings is 1. The van der Waals surface area contributed by atoms with Gasteiger partial charge in [-0.15, -0.1) is 0 Å². The molecule has 0 bridgehead atoms. The number of carbonyl (C=O) groups is 1. The second-order valence-corrected chi connectivity index (χ2v) is 11.5. The van der Waals surface area contributed by atoms with Crippen molar-refractivity contribution in [2.45, 2.75) is 11.8 Å². The summed E-state index contributed by atoms with van der Waals surface area (Å²) in [5.74, 6) is -0.728. The van der Waals surface area contributed by atoms with Crippen LogP contribution in [0.3, 0.4) is 0 Å². The van der Waals surface area contributed by atoms with Crippen molar-refractivity contribution in [1.82, 2.24) is 9.29 Å². The minimum absolute atomic E-state index is 0.00848. The van der Waals surface area contributed by atoms with Crippen LogP contribution in [0.25, 0.3) is 0 Å². The fourth-order valence-electron chi connectivity index (χ4n) is 3.92. The zero-order valence-electron chi connectivity index (χ0n) is 17.7. The number of sulfonamides is 2. The van der Waals surface area contributed by atoms with E-state index in [4.69, 9.17) is 4.74 Å².